The molecule has 1 nitrogen and oxygen atoms in total. The minimum Gasteiger partial charge on any atom is -0.303 e. The van der Waals surface area contributed by atoms with Crippen LogP contribution in [0, 0.1) is 5.92 Å². The van der Waals surface area contributed by atoms with Gasteiger partial charge in [-0.15, -0.1) is 0 Å². The molecular weight excluding hydrogens is 100 g/mol. The van der Waals surface area contributed by atoms with E-state index in [9.17, 15) is 4.79 Å². The highest BCUT2D eigenvalue weighted by molar-refractivity contribution is 5.56. The van der Waals surface area contributed by atoms with Crippen molar-refractivity contribution in [2.45, 2.75) is 20.3 Å². The quantitative estimate of drug-likeness (QED) is 0.402. The molecule has 0 fully saturated rings. The Bertz CT molecular complexity index is 84.4. The number of carbonyl (C=O) groups is 1. The molecule has 0 aliphatic carbocycles. The fourth-order valence-corrected chi connectivity index (χ4v) is 0.525. The Morgan fingerprint density at radius 2 is 2.25 bits per heavy atom. The lowest BCUT2D eigenvalue weighted by Gasteiger charge is -1.94. The molecule has 0 aromatic carbocycles. The van der Waals surface area contributed by atoms with Crippen molar-refractivity contribution in [3.8, 4) is 0 Å². The molecule has 1 unspecified atom stereocenters. The van der Waals surface area contributed by atoms with Crippen molar-refractivity contribution in [1.82, 2.24) is 0 Å². The van der Waals surface area contributed by atoms with Gasteiger partial charge in [-0.25, -0.2) is 0 Å². The minimum atomic E-state index is 0.139. The van der Waals surface area contributed by atoms with Crippen molar-refractivity contribution in [3.05, 3.63) is 12.2 Å². The standard InChI is InChI=1S/C7H12O/c1-3-5-7(4-2)6-8/h3,5-7H,4H2,1-2H3/b5-3+. The third-order valence-electron chi connectivity index (χ3n) is 1.09. The van der Waals surface area contributed by atoms with E-state index in [-0.39, 0.29) is 5.92 Å². The number of hydrogen-bond acceptors (Lipinski definition) is 1. The van der Waals surface area contributed by atoms with Crippen molar-refractivity contribution in [2.24, 2.45) is 5.92 Å². The van der Waals surface area contributed by atoms with Gasteiger partial charge in [0, 0.05) is 5.92 Å². The van der Waals surface area contributed by atoms with Crippen molar-refractivity contribution >= 4 is 6.29 Å². The van der Waals surface area contributed by atoms with Crippen LogP contribution in [-0.4, -0.2) is 6.29 Å². The molecule has 0 aliphatic rings. The van der Waals surface area contributed by atoms with E-state index in [1.165, 1.54) is 0 Å². The van der Waals surface area contributed by atoms with Crippen LogP contribution in [0.25, 0.3) is 0 Å². The molecule has 0 aromatic rings. The average molecular weight is 112 g/mol. The van der Waals surface area contributed by atoms with Crippen LogP contribution in [-0.2, 0) is 4.79 Å². The molecule has 1 heteroatoms. The van der Waals surface area contributed by atoms with E-state index >= 15 is 0 Å². The van der Waals surface area contributed by atoms with Gasteiger partial charge in [-0.05, 0) is 13.3 Å². The first-order valence-corrected chi connectivity index (χ1v) is 2.93. The number of aldehydes is 1. The molecule has 0 spiro atoms. The summed E-state index contributed by atoms with van der Waals surface area (Å²) in [7, 11) is 0. The molecule has 0 saturated carbocycles. The summed E-state index contributed by atoms with van der Waals surface area (Å²) in [6, 6.07) is 0. The molecule has 0 saturated heterocycles. The zero-order chi connectivity index (χ0) is 6.41. The van der Waals surface area contributed by atoms with Gasteiger partial charge in [0.25, 0.3) is 0 Å². The summed E-state index contributed by atoms with van der Waals surface area (Å²) < 4.78 is 0. The second-order valence-corrected chi connectivity index (χ2v) is 1.73. The summed E-state index contributed by atoms with van der Waals surface area (Å²) in [5.74, 6) is 0.139. The van der Waals surface area contributed by atoms with E-state index in [0.717, 1.165) is 12.7 Å². The lowest BCUT2D eigenvalue weighted by molar-refractivity contribution is -0.109. The molecule has 0 radical (unpaired) electrons. The minimum absolute atomic E-state index is 0.139. The first-order valence-electron chi connectivity index (χ1n) is 2.93. The molecule has 8 heavy (non-hydrogen) atoms. The predicted molar refractivity (Wildman–Crippen MR) is 34.7 cm³/mol. The molecule has 0 heterocycles. The van der Waals surface area contributed by atoms with E-state index in [1.54, 1.807) is 0 Å². The van der Waals surface area contributed by atoms with E-state index in [4.69, 9.17) is 0 Å². The van der Waals surface area contributed by atoms with Crippen molar-refractivity contribution in [3.63, 3.8) is 0 Å². The maximum Gasteiger partial charge on any atom is 0.126 e. The second-order valence-electron chi connectivity index (χ2n) is 1.73. The summed E-state index contributed by atoms with van der Waals surface area (Å²) in [5, 5.41) is 0. The van der Waals surface area contributed by atoms with Crippen LogP contribution in [0.4, 0.5) is 0 Å². The molecular formula is C7H12O. The second kappa shape index (κ2) is 4.57. The Kier molecular flexibility index (Phi) is 4.23. The first-order chi connectivity index (χ1) is 3.85. The van der Waals surface area contributed by atoms with Gasteiger partial charge in [0.05, 0.1) is 0 Å². The molecule has 1 atom stereocenters. The zero-order valence-electron chi connectivity index (χ0n) is 5.42. The van der Waals surface area contributed by atoms with Crippen LogP contribution in [0.1, 0.15) is 20.3 Å². The SMILES string of the molecule is C/C=C/C(C=O)CC. The summed E-state index contributed by atoms with van der Waals surface area (Å²) in [4.78, 5) is 10.1. The van der Waals surface area contributed by atoms with Crippen molar-refractivity contribution < 1.29 is 4.79 Å². The smallest absolute Gasteiger partial charge is 0.126 e. The molecule has 46 valence electrons. The summed E-state index contributed by atoms with van der Waals surface area (Å²) >= 11 is 0. The number of rotatable bonds is 3. The average Bonchev–Trinajstić information content (AvgIpc) is 1.83. The van der Waals surface area contributed by atoms with E-state index in [2.05, 4.69) is 0 Å². The summed E-state index contributed by atoms with van der Waals surface area (Å²) in [5.41, 5.74) is 0. The maximum absolute atomic E-state index is 10.1. The first kappa shape index (κ1) is 7.41. The normalized spacial score (nSPS) is 14.2. The fourth-order valence-electron chi connectivity index (χ4n) is 0.525. The van der Waals surface area contributed by atoms with Crippen LogP contribution >= 0.6 is 0 Å². The van der Waals surface area contributed by atoms with Gasteiger partial charge < -0.3 is 4.79 Å². The molecule has 0 N–H and O–H groups in total. The van der Waals surface area contributed by atoms with Gasteiger partial charge in [-0.1, -0.05) is 19.1 Å². The number of carbonyl (C=O) groups excluding carboxylic acids is 1. The van der Waals surface area contributed by atoms with Crippen LogP contribution in [0.5, 0.6) is 0 Å². The molecule has 0 aromatic heterocycles. The Morgan fingerprint density at radius 3 is 2.38 bits per heavy atom. The molecule has 0 rings (SSSR count). The van der Waals surface area contributed by atoms with E-state index in [1.807, 2.05) is 26.0 Å². The van der Waals surface area contributed by atoms with Gasteiger partial charge in [0.2, 0.25) is 0 Å². The predicted octanol–water partition coefficient (Wildman–Crippen LogP) is 1.79. The lowest BCUT2D eigenvalue weighted by atomic mass is 10.1. The van der Waals surface area contributed by atoms with E-state index < -0.39 is 0 Å². The van der Waals surface area contributed by atoms with Gasteiger partial charge in [0.15, 0.2) is 0 Å². The lowest BCUT2D eigenvalue weighted by Crippen LogP contribution is -1.93. The van der Waals surface area contributed by atoms with Gasteiger partial charge >= 0.3 is 0 Å². The van der Waals surface area contributed by atoms with Crippen molar-refractivity contribution in [1.29, 1.82) is 0 Å². The largest absolute Gasteiger partial charge is 0.303 e. The van der Waals surface area contributed by atoms with Crippen LogP contribution in [0.3, 0.4) is 0 Å². The Morgan fingerprint density at radius 1 is 1.62 bits per heavy atom. The highest BCUT2D eigenvalue weighted by atomic mass is 16.1. The number of hydrogen-bond donors (Lipinski definition) is 0. The molecule has 0 aliphatic heterocycles. The van der Waals surface area contributed by atoms with E-state index in [0.29, 0.717) is 0 Å². The van der Waals surface area contributed by atoms with Gasteiger partial charge in [-0.3, -0.25) is 0 Å². The highest BCUT2D eigenvalue weighted by Gasteiger charge is 1.94. The zero-order valence-corrected chi connectivity index (χ0v) is 5.42. The Hall–Kier alpha value is -0.590. The highest BCUT2D eigenvalue weighted by Crippen LogP contribution is 1.98. The third kappa shape index (κ3) is 2.56. The maximum atomic E-state index is 10.1. The van der Waals surface area contributed by atoms with Gasteiger partial charge in [-0.2, -0.15) is 0 Å². The van der Waals surface area contributed by atoms with Crippen LogP contribution in [0.15, 0.2) is 12.2 Å². The summed E-state index contributed by atoms with van der Waals surface area (Å²) in [6.45, 7) is 3.92. The summed E-state index contributed by atoms with van der Waals surface area (Å²) in [6.07, 6.45) is 5.70. The Labute approximate surface area is 50.4 Å². The number of allylic oxidation sites excluding steroid dienone is 2. The monoisotopic (exact) mass is 112 g/mol. The van der Waals surface area contributed by atoms with Crippen LogP contribution < -0.4 is 0 Å². The van der Waals surface area contributed by atoms with Crippen molar-refractivity contribution in [2.75, 3.05) is 0 Å². The molecule has 0 amide bonds. The molecule has 0 bridgehead atoms. The fraction of sp³-hybridized carbons (Fsp3) is 0.571. The van der Waals surface area contributed by atoms with Crippen LogP contribution in [0.2, 0.25) is 0 Å². The topological polar surface area (TPSA) is 17.1 Å². The third-order valence-corrected chi connectivity index (χ3v) is 1.09. The Balaban J connectivity index is 3.52. The van der Waals surface area contributed by atoms with Gasteiger partial charge in [0.1, 0.15) is 6.29 Å².